The number of urea groups is 2. The van der Waals surface area contributed by atoms with E-state index in [2.05, 4.69) is 20.1 Å². The van der Waals surface area contributed by atoms with Gasteiger partial charge in [0.1, 0.15) is 0 Å². The molecule has 0 unspecified atom stereocenters. The van der Waals surface area contributed by atoms with Crippen LogP contribution in [0.2, 0.25) is 0 Å². The van der Waals surface area contributed by atoms with Gasteiger partial charge in [-0.1, -0.05) is 0 Å². The van der Waals surface area contributed by atoms with E-state index < -0.39 is 24.2 Å². The van der Waals surface area contributed by atoms with E-state index in [1.807, 2.05) is 10.6 Å². The van der Waals surface area contributed by atoms with E-state index >= 15 is 0 Å². The van der Waals surface area contributed by atoms with E-state index in [0.29, 0.717) is 6.42 Å². The van der Waals surface area contributed by atoms with Crippen LogP contribution in [0.1, 0.15) is 20.3 Å². The van der Waals surface area contributed by atoms with Crippen LogP contribution in [0.4, 0.5) is 19.2 Å². The van der Waals surface area contributed by atoms with Gasteiger partial charge < -0.3 is 20.1 Å². The summed E-state index contributed by atoms with van der Waals surface area (Å²) in [6.45, 7) is 4.02. The zero-order valence-corrected chi connectivity index (χ0v) is 12.0. The maximum atomic E-state index is 11.2. The molecule has 0 spiro atoms. The Labute approximate surface area is 121 Å². The van der Waals surface area contributed by atoms with E-state index in [0.717, 1.165) is 0 Å². The second-order valence-electron chi connectivity index (χ2n) is 3.56. The van der Waals surface area contributed by atoms with Gasteiger partial charge in [0.2, 0.25) is 0 Å². The summed E-state index contributed by atoms with van der Waals surface area (Å²) in [6.07, 6.45) is -1.25. The van der Waals surface area contributed by atoms with Gasteiger partial charge in [-0.25, -0.2) is 29.8 Å². The van der Waals surface area contributed by atoms with Crippen molar-refractivity contribution in [2.24, 2.45) is 0 Å². The SMILES string of the molecule is CCOC(=O)NC(=O)NCCCNC(=O)NC(=O)OCC. The smallest absolute Gasteiger partial charge is 0.415 e. The van der Waals surface area contributed by atoms with Crippen LogP contribution in [-0.4, -0.2) is 50.6 Å². The molecule has 120 valence electrons. The van der Waals surface area contributed by atoms with Gasteiger partial charge in [0, 0.05) is 13.1 Å². The predicted octanol–water partition coefficient (Wildman–Crippen LogP) is 0.288. The number of rotatable bonds is 6. The van der Waals surface area contributed by atoms with Crippen LogP contribution >= 0.6 is 0 Å². The fraction of sp³-hybridized carbons (Fsp3) is 0.636. The minimum absolute atomic E-state index is 0.165. The van der Waals surface area contributed by atoms with Crippen molar-refractivity contribution >= 4 is 24.2 Å². The Hall–Kier alpha value is -2.52. The third-order valence-electron chi connectivity index (χ3n) is 1.91. The molecule has 0 atom stereocenters. The molecule has 4 N–H and O–H groups in total. The Balaban J connectivity index is 3.59. The van der Waals surface area contributed by atoms with E-state index in [-0.39, 0.29) is 26.3 Å². The van der Waals surface area contributed by atoms with Gasteiger partial charge in [-0.2, -0.15) is 0 Å². The number of hydrogen-bond donors (Lipinski definition) is 4. The number of alkyl carbamates (subject to hydrolysis) is 2. The number of imide groups is 2. The summed E-state index contributed by atoms with van der Waals surface area (Å²) in [5.74, 6) is 0. The summed E-state index contributed by atoms with van der Waals surface area (Å²) in [5, 5.41) is 8.68. The molecule has 0 saturated heterocycles. The lowest BCUT2D eigenvalue weighted by molar-refractivity contribution is 0.151. The van der Waals surface area contributed by atoms with Crippen molar-refractivity contribution in [3.05, 3.63) is 0 Å². The van der Waals surface area contributed by atoms with Crippen LogP contribution in [-0.2, 0) is 9.47 Å². The van der Waals surface area contributed by atoms with Crippen molar-refractivity contribution in [1.82, 2.24) is 21.3 Å². The van der Waals surface area contributed by atoms with Gasteiger partial charge >= 0.3 is 24.2 Å². The molecule has 0 aromatic rings. The van der Waals surface area contributed by atoms with Crippen molar-refractivity contribution in [2.45, 2.75) is 20.3 Å². The van der Waals surface area contributed by atoms with Gasteiger partial charge in [0.05, 0.1) is 13.2 Å². The summed E-state index contributed by atoms with van der Waals surface area (Å²) in [6, 6.07) is -1.38. The molecule has 10 nitrogen and oxygen atoms in total. The van der Waals surface area contributed by atoms with Crippen LogP contribution in [0.5, 0.6) is 0 Å². The molecule has 10 heteroatoms. The third-order valence-corrected chi connectivity index (χ3v) is 1.91. The van der Waals surface area contributed by atoms with Crippen molar-refractivity contribution in [1.29, 1.82) is 0 Å². The lowest BCUT2D eigenvalue weighted by Gasteiger charge is -2.08. The second-order valence-corrected chi connectivity index (χ2v) is 3.56. The molecule has 6 amide bonds. The molecule has 0 bridgehead atoms. The Morgan fingerprint density at radius 2 is 1.14 bits per heavy atom. The zero-order valence-electron chi connectivity index (χ0n) is 12.0. The molecule has 21 heavy (non-hydrogen) atoms. The summed E-state index contributed by atoms with van der Waals surface area (Å²) in [5.41, 5.74) is 0. The molecule has 0 aromatic heterocycles. The van der Waals surface area contributed by atoms with Crippen LogP contribution in [0.25, 0.3) is 0 Å². The predicted molar refractivity (Wildman–Crippen MR) is 71.7 cm³/mol. The standard InChI is InChI=1S/C11H20N4O6/c1-3-20-10(18)14-8(16)12-6-5-7-13-9(17)15-11(19)21-4-2/h3-7H2,1-2H3,(H2,12,14,16,18)(H2,13,15,17,19). The largest absolute Gasteiger partial charge is 0.450 e. The van der Waals surface area contributed by atoms with Crippen molar-refractivity contribution in [3.63, 3.8) is 0 Å². The van der Waals surface area contributed by atoms with Gasteiger partial charge in [0.15, 0.2) is 0 Å². The fourth-order valence-corrected chi connectivity index (χ4v) is 1.10. The van der Waals surface area contributed by atoms with E-state index in [1.165, 1.54) is 0 Å². The van der Waals surface area contributed by atoms with Crippen molar-refractivity contribution in [3.8, 4) is 0 Å². The molecule has 0 heterocycles. The first kappa shape index (κ1) is 18.5. The number of hydrogen-bond acceptors (Lipinski definition) is 6. The van der Waals surface area contributed by atoms with E-state index in [9.17, 15) is 19.2 Å². The first-order chi connectivity index (χ1) is 9.99. The van der Waals surface area contributed by atoms with Gasteiger partial charge in [-0.05, 0) is 20.3 Å². The molecule has 0 fully saturated rings. The highest BCUT2D eigenvalue weighted by atomic mass is 16.6. The Kier molecular flexibility index (Phi) is 9.96. The fourth-order valence-electron chi connectivity index (χ4n) is 1.10. The van der Waals surface area contributed by atoms with Crippen LogP contribution in [0, 0.1) is 0 Å². The first-order valence-corrected chi connectivity index (χ1v) is 6.42. The Morgan fingerprint density at radius 1 is 0.762 bits per heavy atom. The molecule has 0 aromatic carbocycles. The zero-order chi connectivity index (χ0) is 16.1. The first-order valence-electron chi connectivity index (χ1n) is 6.42. The highest BCUT2D eigenvalue weighted by Gasteiger charge is 2.08. The van der Waals surface area contributed by atoms with E-state index in [1.54, 1.807) is 13.8 Å². The molecule has 0 rings (SSSR count). The van der Waals surface area contributed by atoms with Crippen molar-refractivity contribution < 1.29 is 28.7 Å². The average molecular weight is 304 g/mol. The summed E-state index contributed by atoms with van der Waals surface area (Å²) >= 11 is 0. The van der Waals surface area contributed by atoms with Crippen LogP contribution < -0.4 is 21.3 Å². The summed E-state index contributed by atoms with van der Waals surface area (Å²) < 4.78 is 9.02. The number of carbonyl (C=O) groups excluding carboxylic acids is 4. The molecule has 0 aliphatic carbocycles. The van der Waals surface area contributed by atoms with Gasteiger partial charge in [0.25, 0.3) is 0 Å². The molecule has 0 saturated carbocycles. The van der Waals surface area contributed by atoms with Crippen LogP contribution in [0.3, 0.4) is 0 Å². The number of amides is 6. The minimum Gasteiger partial charge on any atom is -0.450 e. The molecular weight excluding hydrogens is 284 g/mol. The number of ether oxygens (including phenoxy) is 2. The third kappa shape index (κ3) is 11.0. The number of nitrogens with one attached hydrogen (secondary N) is 4. The Morgan fingerprint density at radius 3 is 1.48 bits per heavy atom. The monoisotopic (exact) mass is 304 g/mol. The molecular formula is C11H20N4O6. The molecule has 0 aliphatic heterocycles. The maximum Gasteiger partial charge on any atom is 0.415 e. The highest BCUT2D eigenvalue weighted by molar-refractivity contribution is 5.91. The normalized spacial score (nSPS) is 9.24. The lowest BCUT2D eigenvalue weighted by atomic mass is 10.4. The van der Waals surface area contributed by atoms with E-state index in [4.69, 9.17) is 0 Å². The topological polar surface area (TPSA) is 135 Å². The van der Waals surface area contributed by atoms with Crippen molar-refractivity contribution in [2.75, 3.05) is 26.3 Å². The quantitative estimate of drug-likeness (QED) is 0.521. The maximum absolute atomic E-state index is 11.2. The molecule has 0 radical (unpaired) electrons. The molecule has 0 aliphatic rings. The van der Waals surface area contributed by atoms with Gasteiger partial charge in [-0.15, -0.1) is 0 Å². The Bertz CT molecular complexity index is 340. The highest BCUT2D eigenvalue weighted by Crippen LogP contribution is 1.80. The van der Waals surface area contributed by atoms with Crippen LogP contribution in [0.15, 0.2) is 0 Å². The van der Waals surface area contributed by atoms with Gasteiger partial charge in [-0.3, -0.25) is 0 Å². The minimum atomic E-state index is -0.832. The summed E-state index contributed by atoms with van der Waals surface area (Å²) in [4.78, 5) is 44.1. The lowest BCUT2D eigenvalue weighted by Crippen LogP contribution is -2.42. The number of carbonyl (C=O) groups is 4. The average Bonchev–Trinajstić information content (AvgIpc) is 2.38. The second kappa shape index (κ2) is 11.3. The summed E-state index contributed by atoms with van der Waals surface area (Å²) in [7, 11) is 0.